The number of fused-ring (bicyclic) bond motifs is 2. The molecule has 0 aromatic heterocycles. The van der Waals surface area contributed by atoms with Gasteiger partial charge in [-0.15, -0.1) is 0 Å². The molecule has 0 unspecified atom stereocenters. The van der Waals surface area contributed by atoms with Gasteiger partial charge in [-0.2, -0.15) is 0 Å². The summed E-state index contributed by atoms with van der Waals surface area (Å²) in [4.78, 5) is 2.94. The van der Waals surface area contributed by atoms with Crippen LogP contribution in [-0.2, 0) is 12.8 Å². The number of hydrogen-bond donors (Lipinski definition) is 0. The highest BCUT2D eigenvalue weighted by Crippen LogP contribution is 2.47. The minimum Gasteiger partial charge on any atom is -0.0895 e. The number of aryl methyl sites for hydroxylation is 2. The van der Waals surface area contributed by atoms with Gasteiger partial charge >= 0.3 is 0 Å². The molecular weight excluding hydrogens is 308 g/mol. The van der Waals surface area contributed by atoms with Crippen molar-refractivity contribution in [1.82, 2.24) is 0 Å². The molecule has 0 spiro atoms. The van der Waals surface area contributed by atoms with Crippen LogP contribution in [0.1, 0.15) is 81.0 Å². The highest BCUT2D eigenvalue weighted by molar-refractivity contribution is 7.99. The van der Waals surface area contributed by atoms with Gasteiger partial charge in [-0.25, -0.2) is 0 Å². The predicted octanol–water partition coefficient (Wildman–Crippen LogP) is 7.38. The summed E-state index contributed by atoms with van der Waals surface area (Å²) in [7, 11) is 0. The minimum absolute atomic E-state index is 0.569. The summed E-state index contributed by atoms with van der Waals surface area (Å²) in [6.07, 6.45) is 8.75. The van der Waals surface area contributed by atoms with Gasteiger partial charge in [0, 0.05) is 15.7 Å². The highest BCUT2D eigenvalue weighted by Gasteiger charge is 2.25. The van der Waals surface area contributed by atoms with E-state index in [9.17, 15) is 0 Å². The van der Waals surface area contributed by atoms with Gasteiger partial charge in [0.2, 0.25) is 0 Å². The Balaban J connectivity index is 1.93. The van der Waals surface area contributed by atoms with Gasteiger partial charge in [0.1, 0.15) is 0 Å². The fourth-order valence-electron chi connectivity index (χ4n) is 3.73. The van der Waals surface area contributed by atoms with Crippen LogP contribution in [0.3, 0.4) is 0 Å². The Morgan fingerprint density at radius 2 is 1.25 bits per heavy atom. The molecule has 0 N–H and O–H groups in total. The first kappa shape index (κ1) is 17.6. The van der Waals surface area contributed by atoms with Gasteiger partial charge in [0.15, 0.2) is 0 Å². The van der Waals surface area contributed by atoms with Crippen molar-refractivity contribution in [2.75, 3.05) is 0 Å². The summed E-state index contributed by atoms with van der Waals surface area (Å²) in [5.41, 5.74) is 6.16. The number of hydrogen-bond acceptors (Lipinski definition) is 1. The summed E-state index contributed by atoms with van der Waals surface area (Å²) < 4.78 is 0. The van der Waals surface area contributed by atoms with Crippen molar-refractivity contribution in [3.63, 3.8) is 0 Å². The first-order chi connectivity index (χ1) is 11.8. The van der Waals surface area contributed by atoms with E-state index in [1.165, 1.54) is 65.9 Å². The van der Waals surface area contributed by atoms with Crippen molar-refractivity contribution < 1.29 is 0 Å². The third-order valence-electron chi connectivity index (χ3n) is 5.17. The molecule has 0 bridgehead atoms. The monoisotopic (exact) mass is 338 g/mol. The van der Waals surface area contributed by atoms with E-state index < -0.39 is 0 Å². The second-order valence-corrected chi connectivity index (χ2v) is 8.10. The molecule has 1 heterocycles. The van der Waals surface area contributed by atoms with Crippen LogP contribution >= 0.6 is 11.8 Å². The molecule has 0 aliphatic carbocycles. The molecule has 24 heavy (non-hydrogen) atoms. The van der Waals surface area contributed by atoms with Crippen molar-refractivity contribution >= 4 is 11.8 Å². The maximum absolute atomic E-state index is 2.49. The van der Waals surface area contributed by atoms with Gasteiger partial charge in [-0.3, -0.25) is 0 Å². The van der Waals surface area contributed by atoms with E-state index in [0.29, 0.717) is 5.92 Å². The summed E-state index contributed by atoms with van der Waals surface area (Å²) >= 11 is 1.97. The topological polar surface area (TPSA) is 0 Å². The second-order valence-electron chi connectivity index (χ2n) is 7.01. The van der Waals surface area contributed by atoms with Gasteiger partial charge in [-0.05, 0) is 66.5 Å². The van der Waals surface area contributed by atoms with Gasteiger partial charge < -0.3 is 0 Å². The molecular formula is C23H30S. The Hall–Kier alpha value is -1.21. The Kier molecular flexibility index (Phi) is 6.05. The van der Waals surface area contributed by atoms with Crippen molar-refractivity contribution in [3.8, 4) is 0 Å². The number of rotatable bonds is 7. The Morgan fingerprint density at radius 1 is 0.750 bits per heavy atom. The summed E-state index contributed by atoms with van der Waals surface area (Å²) in [6, 6.07) is 14.4. The molecule has 1 aliphatic rings. The van der Waals surface area contributed by atoms with Crippen LogP contribution in [0.15, 0.2) is 46.2 Å². The molecule has 0 atom stereocenters. The first-order valence-electron chi connectivity index (χ1n) is 9.70. The summed E-state index contributed by atoms with van der Waals surface area (Å²) in [5.74, 6) is 0.569. The zero-order valence-electron chi connectivity index (χ0n) is 15.4. The first-order valence-corrected chi connectivity index (χ1v) is 10.5. The van der Waals surface area contributed by atoms with Crippen molar-refractivity contribution in [2.45, 2.75) is 81.4 Å². The smallest absolute Gasteiger partial charge is 0.0160 e. The van der Waals surface area contributed by atoms with Crippen LogP contribution in [0.25, 0.3) is 0 Å². The van der Waals surface area contributed by atoms with Crippen molar-refractivity contribution in [1.29, 1.82) is 0 Å². The van der Waals surface area contributed by atoms with Crippen molar-refractivity contribution in [3.05, 3.63) is 58.7 Å². The van der Waals surface area contributed by atoms with Gasteiger partial charge in [0.05, 0.1) is 0 Å². The average Bonchev–Trinajstić information content (AvgIpc) is 2.62. The quantitative estimate of drug-likeness (QED) is 0.507. The molecule has 0 nitrogen and oxygen atoms in total. The van der Waals surface area contributed by atoms with Crippen molar-refractivity contribution in [2.24, 2.45) is 0 Å². The Bertz CT molecular complexity index is 629. The summed E-state index contributed by atoms with van der Waals surface area (Å²) in [5, 5.41) is 0. The largest absolute Gasteiger partial charge is 0.0895 e. The normalized spacial score (nSPS) is 13.6. The van der Waals surface area contributed by atoms with Crippen LogP contribution in [0, 0.1) is 0 Å². The van der Waals surface area contributed by atoms with E-state index in [1.807, 2.05) is 11.8 Å². The molecule has 1 heteroatoms. The van der Waals surface area contributed by atoms with Crippen LogP contribution in [0.5, 0.6) is 0 Å². The summed E-state index contributed by atoms with van der Waals surface area (Å²) in [6.45, 7) is 6.89. The lowest BCUT2D eigenvalue weighted by atomic mass is 9.86. The maximum atomic E-state index is 2.49. The van der Waals surface area contributed by atoms with E-state index >= 15 is 0 Å². The number of unbranched alkanes of at least 4 members (excludes halogenated alkanes) is 2. The molecule has 128 valence electrons. The maximum Gasteiger partial charge on any atom is 0.0160 e. The van der Waals surface area contributed by atoms with Crippen LogP contribution in [0.4, 0.5) is 0 Å². The zero-order valence-corrected chi connectivity index (χ0v) is 16.2. The third kappa shape index (κ3) is 3.72. The fraction of sp³-hybridized carbons (Fsp3) is 0.478. The molecule has 0 saturated carbocycles. The molecule has 2 aromatic carbocycles. The lowest BCUT2D eigenvalue weighted by Gasteiger charge is -2.28. The highest BCUT2D eigenvalue weighted by atomic mass is 32.2. The van der Waals surface area contributed by atoms with Crippen LogP contribution in [-0.4, -0.2) is 0 Å². The lowest BCUT2D eigenvalue weighted by molar-refractivity contribution is 0.726. The van der Waals surface area contributed by atoms with Gasteiger partial charge in [-0.1, -0.05) is 69.6 Å². The van der Waals surface area contributed by atoms with E-state index in [-0.39, 0.29) is 0 Å². The molecule has 0 radical (unpaired) electrons. The fourth-order valence-corrected chi connectivity index (χ4v) is 4.87. The predicted molar refractivity (Wildman–Crippen MR) is 106 cm³/mol. The van der Waals surface area contributed by atoms with E-state index in [4.69, 9.17) is 0 Å². The zero-order chi connectivity index (χ0) is 16.9. The molecule has 0 amide bonds. The molecule has 3 rings (SSSR count). The number of benzene rings is 2. The average molecular weight is 339 g/mol. The van der Waals surface area contributed by atoms with Crippen LogP contribution in [0.2, 0.25) is 0 Å². The second kappa shape index (κ2) is 8.25. The Morgan fingerprint density at radius 3 is 1.67 bits per heavy atom. The van der Waals surface area contributed by atoms with E-state index in [1.54, 1.807) is 11.1 Å². The third-order valence-corrected chi connectivity index (χ3v) is 6.35. The molecule has 2 aromatic rings. The Labute approximate surface area is 152 Å². The van der Waals surface area contributed by atoms with Gasteiger partial charge in [0.25, 0.3) is 0 Å². The minimum atomic E-state index is 0.569. The molecule has 0 saturated heterocycles. The van der Waals surface area contributed by atoms with Crippen LogP contribution < -0.4 is 0 Å². The standard InChI is InChI=1S/C23H30S/c1-4-7-9-17-11-13-22-20(15-17)19(6-3)21-16-18(10-8-5-2)12-14-23(21)24-22/h11-16,19H,4-10H2,1-3H3. The molecule has 0 fully saturated rings. The molecule has 1 aliphatic heterocycles. The van der Waals surface area contributed by atoms with E-state index in [2.05, 4.69) is 57.2 Å². The SMILES string of the molecule is CCCCc1ccc2c(c1)C(CC)c1cc(CCCC)ccc1S2. The van der Waals surface area contributed by atoms with E-state index in [0.717, 1.165) is 0 Å². The lowest BCUT2D eigenvalue weighted by Crippen LogP contribution is -2.09.